The molecule has 0 aliphatic heterocycles. The summed E-state index contributed by atoms with van der Waals surface area (Å²) in [6, 6.07) is 16.8. The number of methoxy groups -OCH3 is 1. The number of benzene rings is 2. The van der Waals surface area contributed by atoms with Gasteiger partial charge in [0.25, 0.3) is 0 Å². The third-order valence-corrected chi connectivity index (χ3v) is 4.39. The molecule has 2 aromatic heterocycles. The third kappa shape index (κ3) is 2.76. The quantitative estimate of drug-likeness (QED) is 0.549. The predicted molar refractivity (Wildman–Crippen MR) is 98.2 cm³/mol. The van der Waals surface area contributed by atoms with Crippen LogP contribution in [-0.2, 0) is 0 Å². The highest BCUT2D eigenvalue weighted by molar-refractivity contribution is 5.90. The maximum atomic E-state index is 14.0. The van der Waals surface area contributed by atoms with E-state index in [0.29, 0.717) is 11.4 Å². The Balaban J connectivity index is 1.80. The number of nitrogens with zero attached hydrogens (tertiary/aromatic N) is 1. The van der Waals surface area contributed by atoms with Crippen molar-refractivity contribution in [1.29, 1.82) is 0 Å². The van der Waals surface area contributed by atoms with Crippen LogP contribution < -0.4 is 4.74 Å². The first-order chi connectivity index (χ1) is 12.2. The van der Waals surface area contributed by atoms with E-state index in [-0.39, 0.29) is 5.82 Å². The van der Waals surface area contributed by atoms with Crippen molar-refractivity contribution < 1.29 is 9.13 Å². The number of rotatable bonds is 3. The molecule has 0 radical (unpaired) electrons. The summed E-state index contributed by atoms with van der Waals surface area (Å²) in [7, 11) is 1.61. The summed E-state index contributed by atoms with van der Waals surface area (Å²) in [6.07, 6.45) is 1.82. The SMILES string of the molecule is COc1cc(C)c(-c2ccc3[nH]c(-c4ccccc4F)cc3c2)cn1. The molecule has 0 spiro atoms. The Bertz CT molecular complexity index is 1070. The van der Waals surface area contributed by atoms with Crippen LogP contribution in [0.15, 0.2) is 60.8 Å². The van der Waals surface area contributed by atoms with Crippen molar-refractivity contribution in [2.45, 2.75) is 6.92 Å². The molecule has 3 nitrogen and oxygen atoms in total. The lowest BCUT2D eigenvalue weighted by atomic mass is 10.0. The van der Waals surface area contributed by atoms with E-state index in [0.717, 1.165) is 33.3 Å². The number of halogens is 1. The molecule has 0 bridgehead atoms. The average Bonchev–Trinajstić information content (AvgIpc) is 3.04. The van der Waals surface area contributed by atoms with Crippen LogP contribution in [0.2, 0.25) is 0 Å². The molecule has 0 unspecified atom stereocenters. The van der Waals surface area contributed by atoms with Gasteiger partial charge in [0.2, 0.25) is 5.88 Å². The highest BCUT2D eigenvalue weighted by Gasteiger charge is 2.10. The fourth-order valence-electron chi connectivity index (χ4n) is 3.07. The summed E-state index contributed by atoms with van der Waals surface area (Å²) in [5, 5.41) is 1.03. The van der Waals surface area contributed by atoms with E-state index in [1.54, 1.807) is 19.2 Å². The fourth-order valence-corrected chi connectivity index (χ4v) is 3.07. The van der Waals surface area contributed by atoms with Crippen molar-refractivity contribution in [3.8, 4) is 28.3 Å². The van der Waals surface area contributed by atoms with Crippen LogP contribution in [0.25, 0.3) is 33.3 Å². The number of ether oxygens (including phenoxy) is 1. The van der Waals surface area contributed by atoms with E-state index < -0.39 is 0 Å². The lowest BCUT2D eigenvalue weighted by Crippen LogP contribution is -1.90. The first kappa shape index (κ1) is 15.4. The van der Waals surface area contributed by atoms with Crippen molar-refractivity contribution >= 4 is 10.9 Å². The van der Waals surface area contributed by atoms with Crippen LogP contribution >= 0.6 is 0 Å². The van der Waals surface area contributed by atoms with Gasteiger partial charge in [-0.05, 0) is 48.4 Å². The summed E-state index contributed by atoms with van der Waals surface area (Å²) >= 11 is 0. The van der Waals surface area contributed by atoms with Crippen molar-refractivity contribution in [3.05, 3.63) is 72.2 Å². The maximum Gasteiger partial charge on any atom is 0.213 e. The molecule has 4 aromatic rings. The largest absolute Gasteiger partial charge is 0.481 e. The van der Waals surface area contributed by atoms with E-state index >= 15 is 0 Å². The topological polar surface area (TPSA) is 37.9 Å². The molecule has 0 amide bonds. The average molecular weight is 332 g/mol. The van der Waals surface area contributed by atoms with E-state index in [2.05, 4.69) is 16.0 Å². The van der Waals surface area contributed by atoms with Gasteiger partial charge in [0.15, 0.2) is 0 Å². The number of nitrogens with one attached hydrogen (secondary N) is 1. The molecule has 0 aliphatic rings. The second-order valence-corrected chi connectivity index (χ2v) is 6.01. The van der Waals surface area contributed by atoms with Crippen LogP contribution in [-0.4, -0.2) is 17.1 Å². The summed E-state index contributed by atoms with van der Waals surface area (Å²) in [6.45, 7) is 2.03. The van der Waals surface area contributed by atoms with Gasteiger partial charge in [-0.15, -0.1) is 0 Å². The number of fused-ring (bicyclic) bond motifs is 1. The molecule has 1 N–H and O–H groups in total. The summed E-state index contributed by atoms with van der Waals surface area (Å²) in [4.78, 5) is 7.59. The molecule has 124 valence electrons. The number of hydrogen-bond donors (Lipinski definition) is 1. The van der Waals surface area contributed by atoms with Gasteiger partial charge in [0.1, 0.15) is 5.82 Å². The van der Waals surface area contributed by atoms with Gasteiger partial charge >= 0.3 is 0 Å². The van der Waals surface area contributed by atoms with Gasteiger partial charge in [0.05, 0.1) is 7.11 Å². The highest BCUT2D eigenvalue weighted by Crippen LogP contribution is 2.31. The Labute approximate surface area is 145 Å². The Morgan fingerprint density at radius 3 is 2.60 bits per heavy atom. The van der Waals surface area contributed by atoms with E-state index in [1.807, 2.05) is 43.5 Å². The minimum absolute atomic E-state index is 0.232. The summed E-state index contributed by atoms with van der Waals surface area (Å²) in [5.41, 5.74) is 5.53. The molecule has 0 atom stereocenters. The molecule has 4 heteroatoms. The number of hydrogen-bond acceptors (Lipinski definition) is 2. The zero-order chi connectivity index (χ0) is 17.4. The predicted octanol–water partition coefficient (Wildman–Crippen LogP) is 5.35. The Morgan fingerprint density at radius 2 is 1.84 bits per heavy atom. The first-order valence-electron chi connectivity index (χ1n) is 8.04. The summed E-state index contributed by atoms with van der Waals surface area (Å²) in [5.74, 6) is 0.371. The van der Waals surface area contributed by atoms with E-state index in [1.165, 1.54) is 6.07 Å². The molecule has 2 aromatic carbocycles. The standard InChI is InChI=1S/C21H17FN2O/c1-13-9-21(25-2)23-12-17(13)14-7-8-19-15(10-14)11-20(24-19)16-5-3-4-6-18(16)22/h3-12,24H,1-2H3. The van der Waals surface area contributed by atoms with Crippen LogP contribution in [0.4, 0.5) is 4.39 Å². The van der Waals surface area contributed by atoms with Crippen LogP contribution in [0, 0.1) is 12.7 Å². The second-order valence-electron chi connectivity index (χ2n) is 6.01. The molecule has 25 heavy (non-hydrogen) atoms. The molecule has 2 heterocycles. The van der Waals surface area contributed by atoms with Crippen LogP contribution in [0.3, 0.4) is 0 Å². The van der Waals surface area contributed by atoms with Gasteiger partial charge in [0, 0.05) is 40.0 Å². The Hall–Kier alpha value is -3.14. The zero-order valence-electron chi connectivity index (χ0n) is 14.0. The molecule has 0 aliphatic carbocycles. The normalized spacial score (nSPS) is 11.0. The van der Waals surface area contributed by atoms with Gasteiger partial charge in [-0.3, -0.25) is 0 Å². The summed E-state index contributed by atoms with van der Waals surface area (Å²) < 4.78 is 19.2. The van der Waals surface area contributed by atoms with Gasteiger partial charge in [-0.1, -0.05) is 18.2 Å². The van der Waals surface area contributed by atoms with Crippen molar-refractivity contribution in [1.82, 2.24) is 9.97 Å². The van der Waals surface area contributed by atoms with E-state index in [4.69, 9.17) is 4.74 Å². The van der Waals surface area contributed by atoms with Crippen LogP contribution in [0.1, 0.15) is 5.56 Å². The molecule has 0 saturated carbocycles. The number of aromatic amines is 1. The monoisotopic (exact) mass is 332 g/mol. The van der Waals surface area contributed by atoms with Gasteiger partial charge in [-0.25, -0.2) is 9.37 Å². The first-order valence-corrected chi connectivity index (χ1v) is 8.04. The lowest BCUT2D eigenvalue weighted by Gasteiger charge is -2.07. The Morgan fingerprint density at radius 1 is 1.00 bits per heavy atom. The third-order valence-electron chi connectivity index (χ3n) is 4.39. The lowest BCUT2D eigenvalue weighted by molar-refractivity contribution is 0.397. The smallest absolute Gasteiger partial charge is 0.213 e. The molecular formula is C21H17FN2O. The highest BCUT2D eigenvalue weighted by atomic mass is 19.1. The van der Waals surface area contributed by atoms with Crippen molar-refractivity contribution in [2.24, 2.45) is 0 Å². The number of H-pyrrole nitrogens is 1. The fraction of sp³-hybridized carbons (Fsp3) is 0.0952. The van der Waals surface area contributed by atoms with Gasteiger partial charge < -0.3 is 9.72 Å². The van der Waals surface area contributed by atoms with Crippen LogP contribution in [0.5, 0.6) is 5.88 Å². The zero-order valence-corrected chi connectivity index (χ0v) is 14.0. The molecular weight excluding hydrogens is 315 g/mol. The Kier molecular flexibility index (Phi) is 3.73. The second kappa shape index (κ2) is 6.06. The van der Waals surface area contributed by atoms with E-state index in [9.17, 15) is 4.39 Å². The number of aryl methyl sites for hydroxylation is 1. The van der Waals surface area contributed by atoms with Gasteiger partial charge in [-0.2, -0.15) is 0 Å². The van der Waals surface area contributed by atoms with Crippen molar-refractivity contribution in [2.75, 3.05) is 7.11 Å². The van der Waals surface area contributed by atoms with Crippen molar-refractivity contribution in [3.63, 3.8) is 0 Å². The minimum Gasteiger partial charge on any atom is -0.481 e. The number of pyridine rings is 1. The molecule has 0 fully saturated rings. The maximum absolute atomic E-state index is 14.0. The minimum atomic E-state index is -0.232. The molecule has 4 rings (SSSR count). The molecule has 0 saturated heterocycles. The number of aromatic nitrogens is 2.